The molecule has 0 aliphatic carbocycles. The van der Waals surface area contributed by atoms with Gasteiger partial charge in [0, 0.05) is 18.8 Å². The average molecular weight is 260 g/mol. The van der Waals surface area contributed by atoms with E-state index in [0.29, 0.717) is 6.54 Å². The van der Waals surface area contributed by atoms with Crippen LogP contribution >= 0.6 is 0 Å². The summed E-state index contributed by atoms with van der Waals surface area (Å²) in [5, 5.41) is 7.06. The summed E-state index contributed by atoms with van der Waals surface area (Å²) < 4.78 is 27.8. The van der Waals surface area contributed by atoms with Gasteiger partial charge < -0.3 is 5.32 Å². The van der Waals surface area contributed by atoms with Crippen molar-refractivity contribution in [3.8, 4) is 0 Å². The fourth-order valence-electron chi connectivity index (χ4n) is 1.40. The molecule has 0 aliphatic heterocycles. The monoisotopic (exact) mass is 260 g/mol. The molecule has 2 N–H and O–H groups in total. The van der Waals surface area contributed by atoms with E-state index in [1.807, 2.05) is 7.05 Å². The van der Waals surface area contributed by atoms with E-state index < -0.39 is 10.0 Å². The number of sulfonamides is 1. The molecule has 1 rings (SSSR count). The van der Waals surface area contributed by atoms with Gasteiger partial charge in [0.1, 0.15) is 4.90 Å². The quantitative estimate of drug-likeness (QED) is 0.686. The zero-order valence-corrected chi connectivity index (χ0v) is 11.3. The lowest BCUT2D eigenvalue weighted by molar-refractivity contribution is 0.558. The molecule has 7 heteroatoms. The van der Waals surface area contributed by atoms with Crippen molar-refractivity contribution in [2.75, 3.05) is 13.6 Å². The van der Waals surface area contributed by atoms with Gasteiger partial charge in [-0.2, -0.15) is 5.10 Å². The molecular formula is C10H20N4O2S. The van der Waals surface area contributed by atoms with Crippen LogP contribution in [0.1, 0.15) is 20.3 Å². The molecule has 0 spiro atoms. The van der Waals surface area contributed by atoms with Crippen LogP contribution in [0, 0.1) is 0 Å². The van der Waals surface area contributed by atoms with E-state index in [1.165, 1.54) is 6.20 Å². The van der Waals surface area contributed by atoms with Gasteiger partial charge in [0.05, 0.1) is 6.20 Å². The third-order valence-corrected chi connectivity index (χ3v) is 3.74. The minimum absolute atomic E-state index is 0.118. The average Bonchev–Trinajstić information content (AvgIpc) is 2.65. The van der Waals surface area contributed by atoms with Crippen molar-refractivity contribution in [1.29, 1.82) is 0 Å². The Hall–Kier alpha value is -0.920. The van der Waals surface area contributed by atoms with Crippen LogP contribution in [0.15, 0.2) is 17.3 Å². The lowest BCUT2D eigenvalue weighted by Gasteiger charge is -2.06. The van der Waals surface area contributed by atoms with Gasteiger partial charge in [-0.1, -0.05) is 0 Å². The molecule has 6 nitrogen and oxygen atoms in total. The Morgan fingerprint density at radius 3 is 2.76 bits per heavy atom. The molecule has 0 radical (unpaired) electrons. The van der Waals surface area contributed by atoms with Crippen LogP contribution in [-0.2, 0) is 16.6 Å². The van der Waals surface area contributed by atoms with E-state index in [4.69, 9.17) is 0 Å². The third kappa shape index (κ3) is 4.45. The first-order chi connectivity index (χ1) is 7.95. The standard InChI is InChI=1S/C10H20N4O2S/c1-9(2)13-17(15,16)10-7-12-14(8-10)6-4-5-11-3/h7-9,11,13H,4-6H2,1-3H3. The minimum Gasteiger partial charge on any atom is -0.320 e. The Kier molecular flexibility index (Phi) is 5.10. The zero-order valence-electron chi connectivity index (χ0n) is 10.5. The SMILES string of the molecule is CNCCCn1cc(S(=O)(=O)NC(C)C)cn1. The first-order valence-electron chi connectivity index (χ1n) is 5.65. The molecule has 1 heterocycles. The highest BCUT2D eigenvalue weighted by molar-refractivity contribution is 7.89. The summed E-state index contributed by atoms with van der Waals surface area (Å²) in [6, 6.07) is -0.118. The summed E-state index contributed by atoms with van der Waals surface area (Å²) in [5.74, 6) is 0. The maximum absolute atomic E-state index is 11.8. The van der Waals surface area contributed by atoms with Crippen LogP contribution in [0.2, 0.25) is 0 Å². The van der Waals surface area contributed by atoms with Gasteiger partial charge in [0.15, 0.2) is 0 Å². The molecule has 0 aromatic carbocycles. The number of aromatic nitrogens is 2. The fraction of sp³-hybridized carbons (Fsp3) is 0.700. The molecule has 1 aromatic rings. The molecular weight excluding hydrogens is 240 g/mol. The smallest absolute Gasteiger partial charge is 0.243 e. The van der Waals surface area contributed by atoms with E-state index in [9.17, 15) is 8.42 Å². The third-order valence-electron chi connectivity index (χ3n) is 2.12. The van der Waals surface area contributed by atoms with Crippen LogP contribution in [0.5, 0.6) is 0 Å². The summed E-state index contributed by atoms with van der Waals surface area (Å²) in [5.41, 5.74) is 0. The Morgan fingerprint density at radius 2 is 2.18 bits per heavy atom. The highest BCUT2D eigenvalue weighted by atomic mass is 32.2. The van der Waals surface area contributed by atoms with Crippen LogP contribution < -0.4 is 10.0 Å². The van der Waals surface area contributed by atoms with Gasteiger partial charge in [-0.15, -0.1) is 0 Å². The summed E-state index contributed by atoms with van der Waals surface area (Å²) in [4.78, 5) is 0.218. The second-order valence-electron chi connectivity index (χ2n) is 4.17. The summed E-state index contributed by atoms with van der Waals surface area (Å²) in [7, 11) is -1.54. The highest BCUT2D eigenvalue weighted by Gasteiger charge is 2.17. The van der Waals surface area contributed by atoms with Gasteiger partial charge in [-0.3, -0.25) is 4.68 Å². The lowest BCUT2D eigenvalue weighted by Crippen LogP contribution is -2.29. The second-order valence-corrected chi connectivity index (χ2v) is 5.89. The molecule has 0 bridgehead atoms. The van der Waals surface area contributed by atoms with Crippen molar-refractivity contribution in [1.82, 2.24) is 19.8 Å². The van der Waals surface area contributed by atoms with Crippen molar-refractivity contribution in [3.63, 3.8) is 0 Å². The molecule has 0 unspecified atom stereocenters. The number of hydrogen-bond donors (Lipinski definition) is 2. The van der Waals surface area contributed by atoms with Crippen molar-refractivity contribution < 1.29 is 8.42 Å². The number of nitrogens with zero attached hydrogens (tertiary/aromatic N) is 2. The van der Waals surface area contributed by atoms with Crippen LogP contribution in [0.25, 0.3) is 0 Å². The maximum atomic E-state index is 11.8. The Bertz CT molecular complexity index is 439. The summed E-state index contributed by atoms with van der Waals surface area (Å²) in [6.45, 7) is 5.16. The van der Waals surface area contributed by atoms with Gasteiger partial charge in [-0.25, -0.2) is 13.1 Å². The molecule has 98 valence electrons. The van der Waals surface area contributed by atoms with Crippen molar-refractivity contribution in [2.24, 2.45) is 0 Å². The predicted octanol–water partition coefficient (Wildman–Crippen LogP) is 0.179. The van der Waals surface area contributed by atoms with E-state index in [-0.39, 0.29) is 10.9 Å². The lowest BCUT2D eigenvalue weighted by atomic mass is 10.4. The number of hydrogen-bond acceptors (Lipinski definition) is 4. The minimum atomic E-state index is -3.42. The van der Waals surface area contributed by atoms with Gasteiger partial charge in [-0.05, 0) is 33.9 Å². The highest BCUT2D eigenvalue weighted by Crippen LogP contribution is 2.07. The summed E-state index contributed by atoms with van der Waals surface area (Å²) >= 11 is 0. The molecule has 17 heavy (non-hydrogen) atoms. The molecule has 0 saturated carbocycles. The molecule has 0 saturated heterocycles. The van der Waals surface area contributed by atoms with Crippen LogP contribution in [0.4, 0.5) is 0 Å². The van der Waals surface area contributed by atoms with Crippen molar-refractivity contribution in [3.05, 3.63) is 12.4 Å². The normalized spacial score (nSPS) is 12.2. The predicted molar refractivity (Wildman–Crippen MR) is 66.2 cm³/mol. The Labute approximate surface area is 102 Å². The topological polar surface area (TPSA) is 76.0 Å². The number of aryl methyl sites for hydroxylation is 1. The van der Waals surface area contributed by atoms with Gasteiger partial charge in [0.2, 0.25) is 10.0 Å². The molecule has 0 aliphatic rings. The van der Waals surface area contributed by atoms with E-state index in [0.717, 1.165) is 13.0 Å². The molecule has 1 aromatic heterocycles. The van der Waals surface area contributed by atoms with Gasteiger partial charge in [0.25, 0.3) is 0 Å². The van der Waals surface area contributed by atoms with Crippen LogP contribution in [-0.4, -0.2) is 37.8 Å². The first-order valence-corrected chi connectivity index (χ1v) is 7.13. The van der Waals surface area contributed by atoms with E-state index in [1.54, 1.807) is 24.7 Å². The van der Waals surface area contributed by atoms with E-state index in [2.05, 4.69) is 15.1 Å². The Morgan fingerprint density at radius 1 is 1.47 bits per heavy atom. The fourth-order valence-corrected chi connectivity index (χ4v) is 2.60. The summed E-state index contributed by atoms with van der Waals surface area (Å²) in [6.07, 6.45) is 3.85. The maximum Gasteiger partial charge on any atom is 0.243 e. The zero-order chi connectivity index (χ0) is 12.9. The first kappa shape index (κ1) is 14.1. The largest absolute Gasteiger partial charge is 0.320 e. The Balaban J connectivity index is 2.67. The molecule has 0 amide bonds. The van der Waals surface area contributed by atoms with Crippen molar-refractivity contribution >= 4 is 10.0 Å². The number of rotatable bonds is 7. The molecule has 0 fully saturated rings. The van der Waals surface area contributed by atoms with E-state index >= 15 is 0 Å². The molecule has 0 atom stereocenters. The van der Waals surface area contributed by atoms with Crippen molar-refractivity contribution in [2.45, 2.75) is 37.8 Å². The van der Waals surface area contributed by atoms with Crippen LogP contribution in [0.3, 0.4) is 0 Å². The second kappa shape index (κ2) is 6.13. The van der Waals surface area contributed by atoms with Gasteiger partial charge >= 0.3 is 0 Å². The number of nitrogens with one attached hydrogen (secondary N) is 2.